The standard InChI is InChI=1S/C15H24N2O3/c1-18-12-7-14(19-2)13(15(8-12)20-3)10-17-6-4-5-11(16)9-17/h7-8,11H,4-6,9-10,16H2,1-3H3. The molecule has 1 aromatic carbocycles. The van der Waals surface area contributed by atoms with Gasteiger partial charge in [0.05, 0.1) is 26.9 Å². The summed E-state index contributed by atoms with van der Waals surface area (Å²) in [4.78, 5) is 2.35. The van der Waals surface area contributed by atoms with Gasteiger partial charge in [0.1, 0.15) is 17.2 Å². The summed E-state index contributed by atoms with van der Waals surface area (Å²) in [6.45, 7) is 2.76. The first-order valence-electron chi connectivity index (χ1n) is 6.94. The molecule has 112 valence electrons. The molecule has 0 radical (unpaired) electrons. The molecule has 1 atom stereocenters. The molecule has 0 aliphatic carbocycles. The van der Waals surface area contributed by atoms with E-state index in [1.54, 1.807) is 21.3 Å². The first-order chi connectivity index (χ1) is 9.67. The normalized spacial score (nSPS) is 19.7. The van der Waals surface area contributed by atoms with Gasteiger partial charge in [-0.25, -0.2) is 0 Å². The molecule has 1 heterocycles. The Morgan fingerprint density at radius 2 is 1.80 bits per heavy atom. The van der Waals surface area contributed by atoms with E-state index in [1.807, 2.05) is 12.1 Å². The molecule has 1 fully saturated rings. The zero-order chi connectivity index (χ0) is 14.5. The molecule has 1 aliphatic heterocycles. The van der Waals surface area contributed by atoms with Gasteiger partial charge in [0.25, 0.3) is 0 Å². The van der Waals surface area contributed by atoms with Crippen molar-refractivity contribution in [2.24, 2.45) is 5.73 Å². The molecular weight excluding hydrogens is 256 g/mol. The number of rotatable bonds is 5. The number of methoxy groups -OCH3 is 3. The van der Waals surface area contributed by atoms with Crippen molar-refractivity contribution >= 4 is 0 Å². The van der Waals surface area contributed by atoms with E-state index in [-0.39, 0.29) is 6.04 Å². The quantitative estimate of drug-likeness (QED) is 0.888. The first-order valence-corrected chi connectivity index (χ1v) is 6.94. The summed E-state index contributed by atoms with van der Waals surface area (Å²) in [6, 6.07) is 4.04. The SMILES string of the molecule is COc1cc(OC)c(CN2CCCC(N)C2)c(OC)c1. The summed E-state index contributed by atoms with van der Waals surface area (Å²) in [5, 5.41) is 0. The van der Waals surface area contributed by atoms with Gasteiger partial charge in [-0.05, 0) is 19.4 Å². The predicted molar refractivity (Wildman–Crippen MR) is 78.6 cm³/mol. The van der Waals surface area contributed by atoms with Gasteiger partial charge < -0.3 is 19.9 Å². The Morgan fingerprint density at radius 3 is 2.30 bits per heavy atom. The number of likely N-dealkylation sites (tertiary alicyclic amines) is 1. The number of nitrogens with two attached hydrogens (primary N) is 1. The Balaban J connectivity index is 2.24. The minimum Gasteiger partial charge on any atom is -0.496 e. The van der Waals surface area contributed by atoms with E-state index >= 15 is 0 Å². The molecule has 1 saturated heterocycles. The third kappa shape index (κ3) is 3.35. The average Bonchev–Trinajstić information content (AvgIpc) is 2.47. The maximum absolute atomic E-state index is 6.04. The summed E-state index contributed by atoms with van der Waals surface area (Å²) < 4.78 is 16.2. The number of nitrogens with zero attached hydrogens (tertiary/aromatic N) is 1. The number of ether oxygens (including phenoxy) is 3. The lowest BCUT2D eigenvalue weighted by Gasteiger charge is -2.31. The molecule has 5 nitrogen and oxygen atoms in total. The minimum absolute atomic E-state index is 0.263. The van der Waals surface area contributed by atoms with Crippen molar-refractivity contribution in [1.82, 2.24) is 4.90 Å². The van der Waals surface area contributed by atoms with Gasteiger partial charge in [-0.3, -0.25) is 4.90 Å². The van der Waals surface area contributed by atoms with E-state index < -0.39 is 0 Å². The Kier molecular flexibility index (Phi) is 5.09. The van der Waals surface area contributed by atoms with E-state index in [0.29, 0.717) is 0 Å². The summed E-state index contributed by atoms with van der Waals surface area (Å²) in [5.74, 6) is 2.32. The predicted octanol–water partition coefficient (Wildman–Crippen LogP) is 1.64. The fourth-order valence-electron chi connectivity index (χ4n) is 2.69. The topological polar surface area (TPSA) is 57.0 Å². The van der Waals surface area contributed by atoms with Crippen molar-refractivity contribution in [3.05, 3.63) is 17.7 Å². The molecule has 0 spiro atoms. The van der Waals surface area contributed by atoms with E-state index in [0.717, 1.165) is 55.3 Å². The van der Waals surface area contributed by atoms with Crippen LogP contribution in [0.2, 0.25) is 0 Å². The number of hydrogen-bond donors (Lipinski definition) is 1. The van der Waals surface area contributed by atoms with Crippen LogP contribution < -0.4 is 19.9 Å². The molecule has 1 aliphatic rings. The van der Waals surface area contributed by atoms with Gasteiger partial charge >= 0.3 is 0 Å². The highest BCUT2D eigenvalue weighted by Gasteiger charge is 2.21. The van der Waals surface area contributed by atoms with Crippen molar-refractivity contribution in [3.63, 3.8) is 0 Å². The van der Waals surface area contributed by atoms with Crippen LogP contribution in [-0.2, 0) is 6.54 Å². The average molecular weight is 280 g/mol. The van der Waals surface area contributed by atoms with Gasteiger partial charge in [-0.1, -0.05) is 0 Å². The fourth-order valence-corrected chi connectivity index (χ4v) is 2.69. The highest BCUT2D eigenvalue weighted by atomic mass is 16.5. The van der Waals surface area contributed by atoms with Crippen LogP contribution in [0.4, 0.5) is 0 Å². The van der Waals surface area contributed by atoms with Crippen LogP contribution in [0.1, 0.15) is 18.4 Å². The molecule has 0 amide bonds. The monoisotopic (exact) mass is 280 g/mol. The Bertz CT molecular complexity index is 426. The molecular formula is C15H24N2O3. The first kappa shape index (κ1) is 14.9. The molecule has 1 aromatic rings. The largest absolute Gasteiger partial charge is 0.496 e. The molecule has 20 heavy (non-hydrogen) atoms. The van der Waals surface area contributed by atoms with Gasteiger partial charge in [-0.2, -0.15) is 0 Å². The Hall–Kier alpha value is -1.46. The second kappa shape index (κ2) is 6.81. The molecule has 0 aromatic heterocycles. The maximum atomic E-state index is 6.04. The van der Waals surface area contributed by atoms with Gasteiger partial charge in [0.2, 0.25) is 0 Å². The van der Waals surface area contributed by atoms with E-state index in [9.17, 15) is 0 Å². The zero-order valence-electron chi connectivity index (χ0n) is 12.5. The lowest BCUT2D eigenvalue weighted by Crippen LogP contribution is -2.42. The summed E-state index contributed by atoms with van der Waals surface area (Å²) >= 11 is 0. The molecule has 0 bridgehead atoms. The number of benzene rings is 1. The van der Waals surface area contributed by atoms with Crippen LogP contribution in [0.5, 0.6) is 17.2 Å². The summed E-state index contributed by atoms with van der Waals surface area (Å²) in [5.41, 5.74) is 7.09. The lowest BCUT2D eigenvalue weighted by atomic mass is 10.0. The molecule has 0 saturated carbocycles. The molecule has 2 rings (SSSR count). The van der Waals surface area contributed by atoms with Gasteiger partial charge in [0, 0.05) is 31.3 Å². The van der Waals surface area contributed by atoms with Crippen molar-refractivity contribution in [3.8, 4) is 17.2 Å². The van der Waals surface area contributed by atoms with Crippen LogP contribution in [0.25, 0.3) is 0 Å². The minimum atomic E-state index is 0.263. The van der Waals surface area contributed by atoms with E-state index in [2.05, 4.69) is 4.90 Å². The maximum Gasteiger partial charge on any atom is 0.130 e. The number of piperidine rings is 1. The summed E-state index contributed by atoms with van der Waals surface area (Å²) in [6.07, 6.45) is 2.25. The van der Waals surface area contributed by atoms with Crippen LogP contribution >= 0.6 is 0 Å². The summed E-state index contributed by atoms with van der Waals surface area (Å²) in [7, 11) is 4.97. The van der Waals surface area contributed by atoms with Crippen LogP contribution in [-0.4, -0.2) is 45.4 Å². The Labute approximate surface area is 120 Å². The van der Waals surface area contributed by atoms with Crippen LogP contribution in [0.3, 0.4) is 0 Å². The smallest absolute Gasteiger partial charge is 0.130 e. The second-order valence-corrected chi connectivity index (χ2v) is 5.15. The Morgan fingerprint density at radius 1 is 1.15 bits per heavy atom. The van der Waals surface area contributed by atoms with Crippen molar-refractivity contribution in [2.75, 3.05) is 34.4 Å². The van der Waals surface area contributed by atoms with Gasteiger partial charge in [0.15, 0.2) is 0 Å². The molecule has 5 heteroatoms. The zero-order valence-corrected chi connectivity index (χ0v) is 12.5. The third-order valence-corrected chi connectivity index (χ3v) is 3.74. The van der Waals surface area contributed by atoms with Gasteiger partial charge in [-0.15, -0.1) is 0 Å². The fraction of sp³-hybridized carbons (Fsp3) is 0.600. The molecule has 1 unspecified atom stereocenters. The second-order valence-electron chi connectivity index (χ2n) is 5.15. The van der Waals surface area contributed by atoms with Crippen molar-refractivity contribution in [1.29, 1.82) is 0 Å². The lowest BCUT2D eigenvalue weighted by molar-refractivity contribution is 0.196. The van der Waals surface area contributed by atoms with Crippen LogP contribution in [0, 0.1) is 0 Å². The van der Waals surface area contributed by atoms with Crippen molar-refractivity contribution in [2.45, 2.75) is 25.4 Å². The van der Waals surface area contributed by atoms with Crippen molar-refractivity contribution < 1.29 is 14.2 Å². The third-order valence-electron chi connectivity index (χ3n) is 3.74. The van der Waals surface area contributed by atoms with E-state index in [1.165, 1.54) is 0 Å². The number of hydrogen-bond acceptors (Lipinski definition) is 5. The highest BCUT2D eigenvalue weighted by molar-refractivity contribution is 5.50. The van der Waals surface area contributed by atoms with Crippen LogP contribution in [0.15, 0.2) is 12.1 Å². The molecule has 2 N–H and O–H groups in total. The highest BCUT2D eigenvalue weighted by Crippen LogP contribution is 2.35. The van der Waals surface area contributed by atoms with E-state index in [4.69, 9.17) is 19.9 Å².